The van der Waals surface area contributed by atoms with Crippen molar-refractivity contribution >= 4 is 34.8 Å². The molecule has 0 aliphatic carbocycles. The van der Waals surface area contributed by atoms with E-state index in [1.807, 2.05) is 63.2 Å². The molecule has 0 saturated carbocycles. The van der Waals surface area contributed by atoms with Gasteiger partial charge in [-0.15, -0.1) is 0 Å². The van der Waals surface area contributed by atoms with E-state index in [0.29, 0.717) is 22.4 Å². The molecule has 0 fully saturated rings. The second-order valence-electron chi connectivity index (χ2n) is 6.10. The van der Waals surface area contributed by atoms with E-state index < -0.39 is 0 Å². The number of carbonyl (C=O) groups is 1. The van der Waals surface area contributed by atoms with Crippen LogP contribution in [0.25, 0.3) is 0 Å². The summed E-state index contributed by atoms with van der Waals surface area (Å²) in [4.78, 5) is 21.2. The molecule has 0 saturated heterocycles. The number of aromatic nitrogens is 2. The van der Waals surface area contributed by atoms with E-state index in [1.54, 1.807) is 6.07 Å². The molecule has 0 spiro atoms. The minimum absolute atomic E-state index is 0.282. The van der Waals surface area contributed by atoms with Crippen LogP contribution in [0.4, 0.5) is 17.3 Å². The SMILES string of the molecule is Cc1cc(C)c(Nc2nc(C)cc(C(=O)Nc3ccccc3)n2)c(Cl)c1. The molecule has 1 aromatic heterocycles. The predicted octanol–water partition coefficient (Wildman–Crippen LogP) is 5.05. The normalized spacial score (nSPS) is 10.5. The summed E-state index contributed by atoms with van der Waals surface area (Å²) in [5.41, 5.74) is 4.46. The lowest BCUT2D eigenvalue weighted by Gasteiger charge is -2.13. The quantitative estimate of drug-likeness (QED) is 0.678. The Kier molecular flexibility index (Phi) is 5.19. The number of aryl methyl sites for hydroxylation is 3. The van der Waals surface area contributed by atoms with E-state index in [0.717, 1.165) is 16.8 Å². The van der Waals surface area contributed by atoms with E-state index in [4.69, 9.17) is 11.6 Å². The summed E-state index contributed by atoms with van der Waals surface area (Å²) < 4.78 is 0. The molecule has 6 heteroatoms. The van der Waals surface area contributed by atoms with Crippen molar-refractivity contribution in [1.29, 1.82) is 0 Å². The Balaban J connectivity index is 1.87. The molecule has 0 aliphatic rings. The number of hydrogen-bond donors (Lipinski definition) is 2. The molecule has 132 valence electrons. The van der Waals surface area contributed by atoms with E-state index in [-0.39, 0.29) is 11.6 Å². The van der Waals surface area contributed by atoms with Gasteiger partial charge < -0.3 is 10.6 Å². The number of benzene rings is 2. The van der Waals surface area contributed by atoms with E-state index in [9.17, 15) is 4.79 Å². The van der Waals surface area contributed by atoms with Crippen molar-refractivity contribution in [2.75, 3.05) is 10.6 Å². The van der Waals surface area contributed by atoms with Gasteiger partial charge in [-0.3, -0.25) is 4.79 Å². The van der Waals surface area contributed by atoms with Crippen LogP contribution in [0.15, 0.2) is 48.5 Å². The first-order chi connectivity index (χ1) is 12.4. The van der Waals surface area contributed by atoms with Crippen LogP contribution in [0.1, 0.15) is 27.3 Å². The van der Waals surface area contributed by atoms with Crippen LogP contribution in [0.3, 0.4) is 0 Å². The lowest BCUT2D eigenvalue weighted by atomic mass is 10.1. The van der Waals surface area contributed by atoms with Crippen molar-refractivity contribution < 1.29 is 4.79 Å². The van der Waals surface area contributed by atoms with E-state index >= 15 is 0 Å². The van der Waals surface area contributed by atoms with Gasteiger partial charge in [0.2, 0.25) is 5.95 Å². The van der Waals surface area contributed by atoms with Gasteiger partial charge in [-0.1, -0.05) is 35.9 Å². The topological polar surface area (TPSA) is 66.9 Å². The van der Waals surface area contributed by atoms with Crippen LogP contribution in [-0.4, -0.2) is 15.9 Å². The van der Waals surface area contributed by atoms with Gasteiger partial charge in [0.1, 0.15) is 5.69 Å². The average molecular weight is 367 g/mol. The lowest BCUT2D eigenvalue weighted by Crippen LogP contribution is -2.15. The first-order valence-corrected chi connectivity index (χ1v) is 8.56. The van der Waals surface area contributed by atoms with Crippen molar-refractivity contribution in [2.45, 2.75) is 20.8 Å². The number of amides is 1. The van der Waals surface area contributed by atoms with Gasteiger partial charge in [0.25, 0.3) is 5.91 Å². The maximum atomic E-state index is 12.5. The zero-order chi connectivity index (χ0) is 18.7. The molecule has 0 bridgehead atoms. The molecule has 2 aromatic carbocycles. The Labute approximate surface area is 157 Å². The Morgan fingerprint density at radius 2 is 1.73 bits per heavy atom. The van der Waals surface area contributed by atoms with Gasteiger partial charge >= 0.3 is 0 Å². The fourth-order valence-corrected chi connectivity index (χ4v) is 3.01. The summed E-state index contributed by atoms with van der Waals surface area (Å²) >= 11 is 6.34. The maximum absolute atomic E-state index is 12.5. The van der Waals surface area contributed by atoms with Crippen LogP contribution >= 0.6 is 11.6 Å². The molecule has 1 heterocycles. The number of rotatable bonds is 4. The number of para-hydroxylation sites is 1. The molecular formula is C20H19ClN4O. The highest BCUT2D eigenvalue weighted by Crippen LogP contribution is 2.29. The summed E-state index contributed by atoms with van der Waals surface area (Å²) in [5, 5.41) is 6.54. The number of halogens is 1. The van der Waals surface area contributed by atoms with E-state index in [1.165, 1.54) is 0 Å². The van der Waals surface area contributed by atoms with Gasteiger partial charge in [0.05, 0.1) is 10.7 Å². The second kappa shape index (κ2) is 7.54. The maximum Gasteiger partial charge on any atom is 0.274 e. The molecule has 3 rings (SSSR count). The van der Waals surface area contributed by atoms with Crippen molar-refractivity contribution in [3.8, 4) is 0 Å². The number of nitrogens with zero attached hydrogens (tertiary/aromatic N) is 2. The standard InChI is InChI=1S/C20H19ClN4O/c1-12-9-13(2)18(16(21)10-12)25-20-22-14(3)11-17(24-20)19(26)23-15-7-5-4-6-8-15/h4-11H,1-3H3,(H,23,26)(H,22,24,25). The molecule has 0 aliphatic heterocycles. The summed E-state index contributed by atoms with van der Waals surface area (Å²) in [5.74, 6) is 0.0357. The van der Waals surface area contributed by atoms with Crippen molar-refractivity contribution in [3.63, 3.8) is 0 Å². The summed E-state index contributed by atoms with van der Waals surface area (Å²) in [6.45, 7) is 5.76. The zero-order valence-electron chi connectivity index (χ0n) is 14.8. The van der Waals surface area contributed by atoms with Crippen LogP contribution in [0.5, 0.6) is 0 Å². The first kappa shape index (κ1) is 17.9. The number of hydrogen-bond acceptors (Lipinski definition) is 4. The van der Waals surface area contributed by atoms with Gasteiger partial charge in [-0.25, -0.2) is 9.97 Å². The molecule has 5 nitrogen and oxygen atoms in total. The fourth-order valence-electron chi connectivity index (χ4n) is 2.64. The Morgan fingerprint density at radius 3 is 2.42 bits per heavy atom. The molecule has 26 heavy (non-hydrogen) atoms. The molecule has 3 aromatic rings. The van der Waals surface area contributed by atoms with Crippen LogP contribution in [-0.2, 0) is 0 Å². The smallest absolute Gasteiger partial charge is 0.274 e. The molecule has 1 amide bonds. The largest absolute Gasteiger partial charge is 0.323 e. The van der Waals surface area contributed by atoms with Crippen LogP contribution in [0, 0.1) is 20.8 Å². The molecule has 2 N–H and O–H groups in total. The first-order valence-electron chi connectivity index (χ1n) is 8.18. The van der Waals surface area contributed by atoms with Crippen molar-refractivity contribution in [1.82, 2.24) is 9.97 Å². The minimum Gasteiger partial charge on any atom is -0.323 e. The van der Waals surface area contributed by atoms with Crippen molar-refractivity contribution in [2.24, 2.45) is 0 Å². The third kappa shape index (κ3) is 4.18. The average Bonchev–Trinajstić information content (AvgIpc) is 2.58. The summed E-state index contributed by atoms with van der Waals surface area (Å²) in [6, 6.07) is 14.8. The molecule has 0 atom stereocenters. The number of anilines is 3. The van der Waals surface area contributed by atoms with E-state index in [2.05, 4.69) is 20.6 Å². The Bertz CT molecular complexity index is 934. The Hall–Kier alpha value is -2.92. The monoisotopic (exact) mass is 366 g/mol. The fraction of sp³-hybridized carbons (Fsp3) is 0.150. The number of nitrogens with one attached hydrogen (secondary N) is 2. The molecular weight excluding hydrogens is 348 g/mol. The lowest BCUT2D eigenvalue weighted by molar-refractivity contribution is 0.102. The second-order valence-corrected chi connectivity index (χ2v) is 6.51. The highest BCUT2D eigenvalue weighted by atomic mass is 35.5. The molecule has 0 radical (unpaired) electrons. The predicted molar refractivity (Wildman–Crippen MR) is 105 cm³/mol. The molecule has 0 unspecified atom stereocenters. The van der Waals surface area contributed by atoms with Crippen molar-refractivity contribution in [3.05, 3.63) is 76.1 Å². The highest BCUT2D eigenvalue weighted by Gasteiger charge is 2.13. The number of carbonyl (C=O) groups excluding carboxylic acids is 1. The summed E-state index contributed by atoms with van der Waals surface area (Å²) in [7, 11) is 0. The summed E-state index contributed by atoms with van der Waals surface area (Å²) in [6.07, 6.45) is 0. The van der Waals surface area contributed by atoms with Gasteiger partial charge in [-0.05, 0) is 56.2 Å². The van der Waals surface area contributed by atoms with Gasteiger partial charge in [0, 0.05) is 11.4 Å². The van der Waals surface area contributed by atoms with Crippen LogP contribution in [0.2, 0.25) is 5.02 Å². The highest BCUT2D eigenvalue weighted by molar-refractivity contribution is 6.33. The third-order valence-electron chi connectivity index (χ3n) is 3.79. The third-order valence-corrected chi connectivity index (χ3v) is 4.09. The van der Waals surface area contributed by atoms with Gasteiger partial charge in [-0.2, -0.15) is 0 Å². The minimum atomic E-state index is -0.295. The zero-order valence-corrected chi connectivity index (χ0v) is 15.6. The van der Waals surface area contributed by atoms with Crippen LogP contribution < -0.4 is 10.6 Å². The Morgan fingerprint density at radius 1 is 1.00 bits per heavy atom. The van der Waals surface area contributed by atoms with Gasteiger partial charge in [0.15, 0.2) is 0 Å².